The molecule has 33 heavy (non-hydrogen) atoms. The predicted molar refractivity (Wildman–Crippen MR) is 134 cm³/mol. The third-order valence-electron chi connectivity index (χ3n) is 6.28. The van der Waals surface area contributed by atoms with Gasteiger partial charge in [0.15, 0.2) is 5.82 Å². The molecule has 3 N–H and O–H groups in total. The van der Waals surface area contributed by atoms with Gasteiger partial charge in [-0.1, -0.05) is 67.6 Å². The largest absolute Gasteiger partial charge is 0.361 e. The van der Waals surface area contributed by atoms with Crippen LogP contribution in [0.1, 0.15) is 41.3 Å². The van der Waals surface area contributed by atoms with Crippen LogP contribution in [-0.2, 0) is 25.7 Å². The number of benzene rings is 3. The van der Waals surface area contributed by atoms with Crippen molar-refractivity contribution in [3.05, 3.63) is 113 Å². The van der Waals surface area contributed by atoms with Crippen LogP contribution in [0.2, 0.25) is 0 Å². The summed E-state index contributed by atoms with van der Waals surface area (Å²) >= 11 is 0. The topological polar surface area (TPSA) is 72.5 Å². The number of aryl methyl sites for hydroxylation is 3. The summed E-state index contributed by atoms with van der Waals surface area (Å²) < 4.78 is 2.15. The van der Waals surface area contributed by atoms with Gasteiger partial charge >= 0.3 is 0 Å². The van der Waals surface area contributed by atoms with Gasteiger partial charge in [0, 0.05) is 29.2 Å². The minimum absolute atomic E-state index is 0.270. The lowest BCUT2D eigenvalue weighted by Crippen LogP contribution is -2.19. The van der Waals surface area contributed by atoms with Gasteiger partial charge in [-0.3, -0.25) is 4.57 Å². The van der Waals surface area contributed by atoms with Crippen LogP contribution in [0.3, 0.4) is 0 Å². The molecule has 1 atom stereocenters. The molecular weight excluding hydrogens is 406 g/mol. The van der Waals surface area contributed by atoms with Crippen LogP contribution in [0.4, 0.5) is 0 Å². The molecule has 0 amide bonds. The molecule has 0 saturated carbocycles. The van der Waals surface area contributed by atoms with Gasteiger partial charge in [-0.05, 0) is 54.2 Å². The summed E-state index contributed by atoms with van der Waals surface area (Å²) in [5, 5.41) is 10.4. The molecule has 0 saturated heterocycles. The molecule has 2 aromatic heterocycles. The highest BCUT2D eigenvalue weighted by atomic mass is 15.3. The number of nitrogens with zero attached hydrogens (tertiary/aromatic N) is 3. The SMILES string of the molecule is CCc1ccc(-n2c(CCc3ccccc3)nnc2[C@H](N)Cc2c[nH]c3ccccc23)cc1. The molecule has 0 radical (unpaired) electrons. The van der Waals surface area contributed by atoms with Crippen molar-refractivity contribution in [3.63, 3.8) is 0 Å². The van der Waals surface area contributed by atoms with Crippen molar-refractivity contribution in [3.8, 4) is 5.69 Å². The normalized spacial score (nSPS) is 12.3. The van der Waals surface area contributed by atoms with Gasteiger partial charge in [0.1, 0.15) is 5.82 Å². The van der Waals surface area contributed by atoms with Crippen LogP contribution in [-0.4, -0.2) is 19.7 Å². The van der Waals surface area contributed by atoms with Gasteiger partial charge in [0.05, 0.1) is 6.04 Å². The van der Waals surface area contributed by atoms with Crippen molar-refractivity contribution in [2.24, 2.45) is 5.73 Å². The van der Waals surface area contributed by atoms with E-state index in [2.05, 4.69) is 99.6 Å². The van der Waals surface area contributed by atoms with E-state index in [0.717, 1.165) is 42.1 Å². The number of H-pyrrole nitrogens is 1. The van der Waals surface area contributed by atoms with Crippen molar-refractivity contribution < 1.29 is 0 Å². The molecule has 0 aliphatic rings. The molecule has 2 heterocycles. The minimum Gasteiger partial charge on any atom is -0.361 e. The molecule has 5 aromatic rings. The smallest absolute Gasteiger partial charge is 0.154 e. The molecule has 0 unspecified atom stereocenters. The molecule has 0 fully saturated rings. The standard InChI is InChI=1S/C28H29N5/c1-2-20-12-15-23(16-13-20)33-27(17-14-21-8-4-3-5-9-21)31-32-28(33)25(29)18-22-19-30-26-11-7-6-10-24(22)26/h3-13,15-16,19,25,30H,2,14,17-18,29H2,1H3/t25-/m1/s1. The number of nitrogens with one attached hydrogen (secondary N) is 1. The Bertz CT molecular complexity index is 1330. The van der Waals surface area contributed by atoms with Gasteiger partial charge in [-0.2, -0.15) is 0 Å². The Balaban J connectivity index is 1.48. The van der Waals surface area contributed by atoms with Gasteiger partial charge in [-0.15, -0.1) is 10.2 Å². The molecule has 166 valence electrons. The van der Waals surface area contributed by atoms with Crippen LogP contribution >= 0.6 is 0 Å². The van der Waals surface area contributed by atoms with E-state index in [1.807, 2.05) is 12.1 Å². The van der Waals surface area contributed by atoms with E-state index in [0.29, 0.717) is 6.42 Å². The van der Waals surface area contributed by atoms with Crippen molar-refractivity contribution >= 4 is 10.9 Å². The van der Waals surface area contributed by atoms with Gasteiger partial charge in [0.2, 0.25) is 0 Å². The van der Waals surface area contributed by atoms with Crippen LogP contribution in [0.25, 0.3) is 16.6 Å². The lowest BCUT2D eigenvalue weighted by atomic mass is 10.0. The van der Waals surface area contributed by atoms with Crippen LogP contribution < -0.4 is 5.73 Å². The van der Waals surface area contributed by atoms with E-state index < -0.39 is 0 Å². The van der Waals surface area contributed by atoms with Gasteiger partial charge in [-0.25, -0.2) is 0 Å². The maximum Gasteiger partial charge on any atom is 0.154 e. The van der Waals surface area contributed by atoms with Gasteiger partial charge < -0.3 is 10.7 Å². The summed E-state index contributed by atoms with van der Waals surface area (Å²) in [4.78, 5) is 3.35. The van der Waals surface area contributed by atoms with Crippen LogP contribution in [0.5, 0.6) is 0 Å². The zero-order valence-corrected chi connectivity index (χ0v) is 18.9. The Morgan fingerprint density at radius 1 is 0.848 bits per heavy atom. The number of aromatic nitrogens is 4. The summed E-state index contributed by atoms with van der Waals surface area (Å²) in [5.74, 6) is 1.74. The van der Waals surface area contributed by atoms with E-state index in [1.54, 1.807) is 0 Å². The predicted octanol–water partition coefficient (Wildman–Crippen LogP) is 5.34. The Hall–Kier alpha value is -3.70. The van der Waals surface area contributed by atoms with Crippen LogP contribution in [0.15, 0.2) is 85.1 Å². The number of rotatable bonds is 8. The fraction of sp³-hybridized carbons (Fsp3) is 0.214. The Kier molecular flexibility index (Phi) is 6.05. The van der Waals surface area contributed by atoms with Crippen molar-refractivity contribution in [2.45, 2.75) is 38.6 Å². The lowest BCUT2D eigenvalue weighted by Gasteiger charge is -2.15. The monoisotopic (exact) mass is 435 g/mol. The van der Waals surface area contributed by atoms with E-state index >= 15 is 0 Å². The zero-order valence-electron chi connectivity index (χ0n) is 18.9. The number of hydrogen-bond donors (Lipinski definition) is 2. The number of fused-ring (bicyclic) bond motifs is 1. The fourth-order valence-corrected chi connectivity index (χ4v) is 4.42. The molecule has 5 rings (SSSR count). The van der Waals surface area contributed by atoms with Gasteiger partial charge in [0.25, 0.3) is 0 Å². The second-order valence-electron chi connectivity index (χ2n) is 8.49. The first-order valence-corrected chi connectivity index (χ1v) is 11.6. The Morgan fingerprint density at radius 2 is 1.61 bits per heavy atom. The number of para-hydroxylation sites is 1. The summed E-state index contributed by atoms with van der Waals surface area (Å²) in [5.41, 5.74) is 12.7. The first kappa shape index (κ1) is 21.2. The first-order valence-electron chi connectivity index (χ1n) is 11.6. The average Bonchev–Trinajstić information content (AvgIpc) is 3.48. The molecule has 0 bridgehead atoms. The maximum atomic E-state index is 6.75. The highest BCUT2D eigenvalue weighted by Gasteiger charge is 2.21. The van der Waals surface area contributed by atoms with E-state index in [9.17, 15) is 0 Å². The van der Waals surface area contributed by atoms with Crippen molar-refractivity contribution in [1.29, 1.82) is 0 Å². The molecule has 5 heteroatoms. The highest BCUT2D eigenvalue weighted by molar-refractivity contribution is 5.83. The molecule has 0 aliphatic carbocycles. The molecule has 0 spiro atoms. The average molecular weight is 436 g/mol. The number of nitrogens with two attached hydrogens (primary N) is 1. The fourth-order valence-electron chi connectivity index (χ4n) is 4.42. The van der Waals surface area contributed by atoms with Crippen LogP contribution in [0, 0.1) is 0 Å². The Labute approximate surface area is 194 Å². The van der Waals surface area contributed by atoms with Crippen molar-refractivity contribution in [1.82, 2.24) is 19.7 Å². The van der Waals surface area contributed by atoms with E-state index in [-0.39, 0.29) is 6.04 Å². The first-order chi connectivity index (χ1) is 16.2. The summed E-state index contributed by atoms with van der Waals surface area (Å²) in [6.07, 6.45) is 5.46. The molecule has 0 aliphatic heterocycles. The van der Waals surface area contributed by atoms with E-state index in [4.69, 9.17) is 5.73 Å². The minimum atomic E-state index is -0.270. The second-order valence-corrected chi connectivity index (χ2v) is 8.49. The Morgan fingerprint density at radius 3 is 2.39 bits per heavy atom. The van der Waals surface area contributed by atoms with Crippen molar-refractivity contribution in [2.75, 3.05) is 0 Å². The van der Waals surface area contributed by atoms with E-state index in [1.165, 1.54) is 22.1 Å². The molecule has 3 aromatic carbocycles. The quantitative estimate of drug-likeness (QED) is 0.346. The summed E-state index contributed by atoms with van der Waals surface area (Å²) in [7, 11) is 0. The summed E-state index contributed by atoms with van der Waals surface area (Å²) in [6.45, 7) is 2.17. The number of hydrogen-bond acceptors (Lipinski definition) is 3. The maximum absolute atomic E-state index is 6.75. The molecular formula is C28H29N5. The second kappa shape index (κ2) is 9.43. The highest BCUT2D eigenvalue weighted by Crippen LogP contribution is 2.25. The zero-order chi connectivity index (χ0) is 22.6. The third kappa shape index (κ3) is 4.45. The third-order valence-corrected chi connectivity index (χ3v) is 6.28. The lowest BCUT2D eigenvalue weighted by molar-refractivity contribution is 0.647. The molecule has 5 nitrogen and oxygen atoms in total. The number of aromatic amines is 1. The summed E-state index contributed by atoms with van der Waals surface area (Å²) in [6, 6.07) is 27.2.